The molecule has 0 aliphatic rings. The lowest BCUT2D eigenvalue weighted by Crippen LogP contribution is -2.14. The molecular formula is C13H17N3O. The maximum absolute atomic E-state index is 8.57. The first-order valence-corrected chi connectivity index (χ1v) is 5.66. The Morgan fingerprint density at radius 1 is 1.18 bits per heavy atom. The first kappa shape index (κ1) is 13.2. The fourth-order valence-corrected chi connectivity index (χ4v) is 1.22. The van der Waals surface area contributed by atoms with Gasteiger partial charge in [-0.15, -0.1) is 5.11 Å². The first-order chi connectivity index (χ1) is 8.30. The van der Waals surface area contributed by atoms with E-state index in [-0.39, 0.29) is 6.61 Å². The fraction of sp³-hybridized carbons (Fsp3) is 0.385. The molecule has 0 amide bonds. The molecule has 0 spiro atoms. The highest BCUT2D eigenvalue weighted by molar-refractivity contribution is 5.43. The molecule has 0 atom stereocenters. The average Bonchev–Trinajstić information content (AvgIpc) is 2.39. The molecule has 4 heteroatoms. The van der Waals surface area contributed by atoms with Crippen LogP contribution in [0.1, 0.15) is 19.4 Å². The van der Waals surface area contributed by atoms with Crippen molar-refractivity contribution in [1.29, 1.82) is 0 Å². The average molecular weight is 231 g/mol. The SMILES string of the molecule is CCN(CC)N=Nc1ccc(C#CCO)cc1. The summed E-state index contributed by atoms with van der Waals surface area (Å²) in [7, 11) is 0. The molecule has 1 aromatic rings. The van der Waals surface area contributed by atoms with Crippen molar-refractivity contribution in [3.05, 3.63) is 29.8 Å². The quantitative estimate of drug-likeness (QED) is 0.491. The summed E-state index contributed by atoms with van der Waals surface area (Å²) in [5.74, 6) is 5.42. The van der Waals surface area contributed by atoms with E-state index in [0.29, 0.717) is 0 Å². The number of hydrogen-bond acceptors (Lipinski definition) is 3. The standard InChI is InChI=1S/C13H17N3O/c1-3-16(4-2)15-14-13-9-7-12(8-10-13)6-5-11-17/h7-10,17H,3-4,11H2,1-2H3. The first-order valence-electron chi connectivity index (χ1n) is 5.66. The number of benzene rings is 1. The summed E-state index contributed by atoms with van der Waals surface area (Å²) in [6, 6.07) is 7.43. The van der Waals surface area contributed by atoms with Crippen LogP contribution in [0.15, 0.2) is 34.6 Å². The van der Waals surface area contributed by atoms with Crippen molar-refractivity contribution in [2.45, 2.75) is 13.8 Å². The predicted octanol–water partition coefficient (Wildman–Crippen LogP) is 2.37. The molecule has 1 N–H and O–H groups in total. The van der Waals surface area contributed by atoms with Crippen molar-refractivity contribution in [2.75, 3.05) is 19.7 Å². The Morgan fingerprint density at radius 2 is 1.82 bits per heavy atom. The van der Waals surface area contributed by atoms with Crippen LogP contribution in [-0.2, 0) is 0 Å². The summed E-state index contributed by atoms with van der Waals surface area (Å²) in [6.07, 6.45) is 0. The van der Waals surface area contributed by atoms with Crippen molar-refractivity contribution in [3.8, 4) is 11.8 Å². The maximum atomic E-state index is 8.57. The Bertz CT molecular complexity index is 411. The van der Waals surface area contributed by atoms with E-state index < -0.39 is 0 Å². The summed E-state index contributed by atoms with van der Waals surface area (Å²) >= 11 is 0. The molecule has 1 aromatic carbocycles. The third-order valence-electron chi connectivity index (χ3n) is 2.20. The van der Waals surface area contributed by atoms with Gasteiger partial charge in [-0.1, -0.05) is 17.1 Å². The lowest BCUT2D eigenvalue weighted by Gasteiger charge is -2.10. The number of aliphatic hydroxyl groups excluding tert-OH is 1. The third-order valence-corrected chi connectivity index (χ3v) is 2.20. The summed E-state index contributed by atoms with van der Waals surface area (Å²) < 4.78 is 0. The molecule has 0 radical (unpaired) electrons. The van der Waals surface area contributed by atoms with Gasteiger partial charge in [-0.05, 0) is 38.1 Å². The molecule has 0 aliphatic carbocycles. The highest BCUT2D eigenvalue weighted by Crippen LogP contribution is 2.13. The zero-order valence-corrected chi connectivity index (χ0v) is 10.2. The van der Waals surface area contributed by atoms with Crippen LogP contribution in [0.5, 0.6) is 0 Å². The van der Waals surface area contributed by atoms with Gasteiger partial charge in [-0.2, -0.15) is 0 Å². The van der Waals surface area contributed by atoms with Gasteiger partial charge < -0.3 is 5.11 Å². The van der Waals surface area contributed by atoms with Crippen LogP contribution in [0.25, 0.3) is 0 Å². The molecule has 0 saturated heterocycles. The normalized spacial score (nSPS) is 10.1. The van der Waals surface area contributed by atoms with E-state index in [2.05, 4.69) is 22.2 Å². The molecule has 0 unspecified atom stereocenters. The third kappa shape index (κ3) is 4.66. The lowest BCUT2D eigenvalue weighted by atomic mass is 10.2. The van der Waals surface area contributed by atoms with E-state index in [0.717, 1.165) is 24.3 Å². The van der Waals surface area contributed by atoms with Gasteiger partial charge in [0.15, 0.2) is 0 Å². The monoisotopic (exact) mass is 231 g/mol. The molecule has 0 saturated carbocycles. The van der Waals surface area contributed by atoms with Gasteiger partial charge in [0.05, 0.1) is 5.69 Å². The zero-order chi connectivity index (χ0) is 12.5. The molecule has 0 aromatic heterocycles. The Morgan fingerprint density at radius 3 is 2.35 bits per heavy atom. The van der Waals surface area contributed by atoms with Crippen molar-refractivity contribution in [2.24, 2.45) is 10.3 Å². The van der Waals surface area contributed by atoms with E-state index in [9.17, 15) is 0 Å². The van der Waals surface area contributed by atoms with Crippen LogP contribution in [0.3, 0.4) is 0 Å². The highest BCUT2D eigenvalue weighted by atomic mass is 16.2. The number of nitrogens with zero attached hydrogens (tertiary/aromatic N) is 3. The fourth-order valence-electron chi connectivity index (χ4n) is 1.22. The minimum absolute atomic E-state index is 0.122. The second-order valence-electron chi connectivity index (χ2n) is 3.34. The largest absolute Gasteiger partial charge is 0.384 e. The molecule has 0 aliphatic heterocycles. The molecule has 1 rings (SSSR count). The van der Waals surface area contributed by atoms with Crippen molar-refractivity contribution >= 4 is 5.69 Å². The Hall–Kier alpha value is -1.86. The van der Waals surface area contributed by atoms with Gasteiger partial charge >= 0.3 is 0 Å². The van der Waals surface area contributed by atoms with Crippen LogP contribution in [0, 0.1) is 11.8 Å². The van der Waals surface area contributed by atoms with E-state index >= 15 is 0 Å². The smallest absolute Gasteiger partial charge is 0.104 e. The minimum atomic E-state index is -0.122. The molecule has 0 fully saturated rings. The summed E-state index contributed by atoms with van der Waals surface area (Å²) in [5, 5.41) is 18.7. The van der Waals surface area contributed by atoms with E-state index in [1.165, 1.54) is 0 Å². The summed E-state index contributed by atoms with van der Waals surface area (Å²) in [6.45, 7) is 5.65. The van der Waals surface area contributed by atoms with E-state index in [4.69, 9.17) is 5.11 Å². The number of aliphatic hydroxyl groups is 1. The Labute approximate surface area is 102 Å². The highest BCUT2D eigenvalue weighted by Gasteiger charge is 1.93. The zero-order valence-electron chi connectivity index (χ0n) is 10.2. The van der Waals surface area contributed by atoms with Crippen LogP contribution < -0.4 is 0 Å². The van der Waals surface area contributed by atoms with Gasteiger partial charge in [-0.3, -0.25) is 5.01 Å². The topological polar surface area (TPSA) is 48.2 Å². The lowest BCUT2D eigenvalue weighted by molar-refractivity contribution is 0.301. The van der Waals surface area contributed by atoms with Crippen molar-refractivity contribution < 1.29 is 5.11 Å². The van der Waals surface area contributed by atoms with Gasteiger partial charge in [0.1, 0.15) is 6.61 Å². The van der Waals surface area contributed by atoms with Gasteiger partial charge in [0.25, 0.3) is 0 Å². The number of rotatable bonds is 4. The predicted molar refractivity (Wildman–Crippen MR) is 67.8 cm³/mol. The van der Waals surface area contributed by atoms with Gasteiger partial charge in [0, 0.05) is 18.7 Å². The molecule has 90 valence electrons. The second-order valence-corrected chi connectivity index (χ2v) is 3.34. The maximum Gasteiger partial charge on any atom is 0.104 e. The van der Waals surface area contributed by atoms with Crippen LogP contribution in [0.2, 0.25) is 0 Å². The minimum Gasteiger partial charge on any atom is -0.384 e. The molecule has 4 nitrogen and oxygen atoms in total. The van der Waals surface area contributed by atoms with Crippen LogP contribution in [0.4, 0.5) is 5.69 Å². The molecule has 0 bridgehead atoms. The molecule has 17 heavy (non-hydrogen) atoms. The van der Waals surface area contributed by atoms with Crippen LogP contribution in [-0.4, -0.2) is 29.8 Å². The van der Waals surface area contributed by atoms with E-state index in [1.807, 2.05) is 43.1 Å². The van der Waals surface area contributed by atoms with E-state index in [1.54, 1.807) is 0 Å². The van der Waals surface area contributed by atoms with Crippen molar-refractivity contribution in [1.82, 2.24) is 5.01 Å². The summed E-state index contributed by atoms with van der Waals surface area (Å²) in [5.41, 5.74) is 1.66. The second kappa shape index (κ2) is 7.42. The van der Waals surface area contributed by atoms with Crippen LogP contribution >= 0.6 is 0 Å². The van der Waals surface area contributed by atoms with Gasteiger partial charge in [-0.25, -0.2) is 0 Å². The Kier molecular flexibility index (Phi) is 5.76. The van der Waals surface area contributed by atoms with Crippen molar-refractivity contribution in [3.63, 3.8) is 0 Å². The van der Waals surface area contributed by atoms with Gasteiger partial charge in [0.2, 0.25) is 0 Å². The summed E-state index contributed by atoms with van der Waals surface area (Å²) in [4.78, 5) is 0. The number of hydrogen-bond donors (Lipinski definition) is 1. The Balaban J connectivity index is 2.68. The molecule has 0 heterocycles. The molecular weight excluding hydrogens is 214 g/mol.